The Morgan fingerprint density at radius 2 is 1.45 bits per heavy atom. The van der Waals surface area contributed by atoms with Crippen molar-refractivity contribution >= 4 is 47.2 Å². The van der Waals surface area contributed by atoms with Crippen LogP contribution in [-0.2, 0) is 19.9 Å². The fourth-order valence-electron chi connectivity index (χ4n) is 3.07. The van der Waals surface area contributed by atoms with E-state index in [1.807, 2.05) is 24.3 Å². The van der Waals surface area contributed by atoms with E-state index in [1.54, 1.807) is 12.1 Å². The highest BCUT2D eigenvalue weighted by Crippen LogP contribution is 2.30. The predicted octanol–water partition coefficient (Wildman–Crippen LogP) is 3.27. The standard InChI is InChI=1S/C21H16N2O5S3/c22-31(27,28)20-8-4-3-7-19(20)30(25,26)13-17(24)14-9-11-15(12-10-14)21-23-16-5-1-2-6-18(16)29-21/h1-12H,13H2,(H2,22,27,28). The van der Waals surface area contributed by atoms with E-state index < -0.39 is 41.2 Å². The first kappa shape index (κ1) is 21.3. The third-order valence-corrected chi connectivity index (χ3v) is 8.41. The topological polar surface area (TPSA) is 124 Å². The number of hydrogen-bond acceptors (Lipinski definition) is 7. The molecule has 7 nitrogen and oxygen atoms in total. The lowest BCUT2D eigenvalue weighted by molar-refractivity contribution is 0.102. The second-order valence-corrected chi connectivity index (χ2v) is 11.3. The predicted molar refractivity (Wildman–Crippen MR) is 119 cm³/mol. The van der Waals surface area contributed by atoms with Crippen molar-refractivity contribution in [3.05, 3.63) is 78.4 Å². The molecule has 2 N–H and O–H groups in total. The van der Waals surface area contributed by atoms with Crippen molar-refractivity contribution in [1.82, 2.24) is 4.98 Å². The number of rotatable bonds is 6. The number of sulfonamides is 1. The van der Waals surface area contributed by atoms with E-state index in [9.17, 15) is 21.6 Å². The van der Waals surface area contributed by atoms with Crippen LogP contribution < -0.4 is 5.14 Å². The molecule has 3 aromatic carbocycles. The van der Waals surface area contributed by atoms with Crippen molar-refractivity contribution < 1.29 is 21.6 Å². The van der Waals surface area contributed by atoms with Crippen LogP contribution in [0.25, 0.3) is 20.8 Å². The lowest BCUT2D eigenvalue weighted by atomic mass is 10.1. The molecule has 10 heteroatoms. The zero-order valence-corrected chi connectivity index (χ0v) is 18.4. The Labute approximate surface area is 183 Å². The Morgan fingerprint density at radius 1 is 0.839 bits per heavy atom. The molecule has 0 spiro atoms. The summed E-state index contributed by atoms with van der Waals surface area (Å²) in [4.78, 5) is 16.1. The molecule has 0 fully saturated rings. The molecule has 31 heavy (non-hydrogen) atoms. The summed E-state index contributed by atoms with van der Waals surface area (Å²) in [5.41, 5.74) is 1.88. The molecule has 4 rings (SSSR count). The van der Waals surface area contributed by atoms with Gasteiger partial charge in [0.25, 0.3) is 0 Å². The van der Waals surface area contributed by atoms with Gasteiger partial charge in [0.05, 0.1) is 15.1 Å². The number of nitrogens with zero attached hydrogens (tertiary/aromatic N) is 1. The normalized spacial score (nSPS) is 12.2. The Bertz CT molecular complexity index is 1470. The second-order valence-electron chi connectivity index (χ2n) is 6.74. The first-order valence-corrected chi connectivity index (χ1v) is 13.0. The number of para-hydroxylation sites is 1. The van der Waals surface area contributed by atoms with E-state index in [4.69, 9.17) is 5.14 Å². The SMILES string of the molecule is NS(=O)(=O)c1ccccc1S(=O)(=O)CC(=O)c1ccc(-c2nc3ccccc3s2)cc1. The molecular weight excluding hydrogens is 456 g/mol. The molecule has 0 aliphatic rings. The average Bonchev–Trinajstić information content (AvgIpc) is 3.17. The van der Waals surface area contributed by atoms with E-state index in [1.165, 1.54) is 35.6 Å². The molecule has 0 radical (unpaired) electrons. The third-order valence-electron chi connectivity index (χ3n) is 4.56. The zero-order valence-electron chi connectivity index (χ0n) is 15.9. The summed E-state index contributed by atoms with van der Waals surface area (Å²) in [5.74, 6) is -1.53. The molecule has 4 aromatic rings. The molecule has 1 heterocycles. The number of carbonyl (C=O) groups excluding carboxylic acids is 1. The summed E-state index contributed by atoms with van der Waals surface area (Å²) in [7, 11) is -8.48. The van der Waals surface area contributed by atoms with E-state index in [-0.39, 0.29) is 5.56 Å². The van der Waals surface area contributed by atoms with Gasteiger partial charge in [-0.05, 0) is 24.3 Å². The first-order valence-electron chi connectivity index (χ1n) is 8.99. The molecule has 0 bridgehead atoms. The Balaban J connectivity index is 1.59. The van der Waals surface area contributed by atoms with Crippen molar-refractivity contribution in [3.63, 3.8) is 0 Å². The maximum Gasteiger partial charge on any atom is 0.239 e. The van der Waals surface area contributed by atoms with Crippen LogP contribution in [0.5, 0.6) is 0 Å². The smallest absolute Gasteiger partial charge is 0.239 e. The van der Waals surface area contributed by atoms with Crippen molar-refractivity contribution in [2.24, 2.45) is 5.14 Å². The Morgan fingerprint density at radius 3 is 2.10 bits per heavy atom. The van der Waals surface area contributed by atoms with E-state index in [2.05, 4.69) is 4.98 Å². The lowest BCUT2D eigenvalue weighted by Crippen LogP contribution is -2.21. The molecule has 0 atom stereocenters. The molecule has 158 valence electrons. The van der Waals surface area contributed by atoms with Crippen LogP contribution in [0.4, 0.5) is 0 Å². The average molecular weight is 473 g/mol. The van der Waals surface area contributed by atoms with Crippen molar-refractivity contribution in [1.29, 1.82) is 0 Å². The number of sulfone groups is 1. The fourth-order valence-corrected chi connectivity index (χ4v) is 6.72. The molecule has 0 aliphatic carbocycles. The number of ketones is 1. The summed E-state index contributed by atoms with van der Waals surface area (Å²) in [5, 5.41) is 5.90. The van der Waals surface area contributed by atoms with Crippen LogP contribution in [0.1, 0.15) is 10.4 Å². The van der Waals surface area contributed by atoms with Gasteiger partial charge in [-0.15, -0.1) is 11.3 Å². The maximum atomic E-state index is 12.7. The highest BCUT2D eigenvalue weighted by Gasteiger charge is 2.27. The number of benzene rings is 3. The van der Waals surface area contributed by atoms with E-state index in [0.29, 0.717) is 0 Å². The minimum absolute atomic E-state index is 0.196. The van der Waals surface area contributed by atoms with Crippen LogP contribution in [0.15, 0.2) is 82.6 Å². The van der Waals surface area contributed by atoms with Crippen LogP contribution in [0, 0.1) is 0 Å². The Hall–Kier alpha value is -2.92. The van der Waals surface area contributed by atoms with Crippen LogP contribution >= 0.6 is 11.3 Å². The lowest BCUT2D eigenvalue weighted by Gasteiger charge is -2.09. The molecule has 0 aliphatic heterocycles. The maximum absolute atomic E-state index is 12.7. The van der Waals surface area contributed by atoms with E-state index >= 15 is 0 Å². The number of carbonyl (C=O) groups is 1. The van der Waals surface area contributed by atoms with Gasteiger partial charge in [0.15, 0.2) is 15.6 Å². The van der Waals surface area contributed by atoms with Gasteiger partial charge in [0, 0.05) is 11.1 Å². The van der Waals surface area contributed by atoms with Gasteiger partial charge in [-0.1, -0.05) is 48.5 Å². The summed E-state index contributed by atoms with van der Waals surface area (Å²) in [6.07, 6.45) is 0. The number of hydrogen-bond donors (Lipinski definition) is 1. The summed E-state index contributed by atoms with van der Waals surface area (Å²) >= 11 is 1.52. The number of aromatic nitrogens is 1. The van der Waals surface area contributed by atoms with Gasteiger partial charge in [0.1, 0.15) is 15.7 Å². The van der Waals surface area contributed by atoms with E-state index in [0.717, 1.165) is 32.9 Å². The van der Waals surface area contributed by atoms with Gasteiger partial charge >= 0.3 is 0 Å². The molecular formula is C21H16N2O5S3. The Kier molecular flexibility index (Phi) is 5.48. The van der Waals surface area contributed by atoms with Crippen LogP contribution in [0.2, 0.25) is 0 Å². The summed E-state index contributed by atoms with van der Waals surface area (Å²) < 4.78 is 49.9. The van der Waals surface area contributed by atoms with Gasteiger partial charge in [-0.3, -0.25) is 4.79 Å². The highest BCUT2D eigenvalue weighted by atomic mass is 32.2. The van der Waals surface area contributed by atoms with Gasteiger partial charge in [-0.2, -0.15) is 0 Å². The molecule has 0 saturated heterocycles. The molecule has 0 saturated carbocycles. The zero-order chi connectivity index (χ0) is 22.2. The first-order chi connectivity index (χ1) is 14.6. The molecule has 0 unspecified atom stereocenters. The quantitative estimate of drug-likeness (QED) is 0.430. The van der Waals surface area contributed by atoms with Crippen molar-refractivity contribution in [3.8, 4) is 10.6 Å². The summed E-state index contributed by atoms with van der Waals surface area (Å²) in [6, 6.07) is 19.2. The fraction of sp³-hybridized carbons (Fsp3) is 0.0476. The second kappa shape index (κ2) is 7.97. The number of nitrogens with two attached hydrogens (primary N) is 1. The number of Topliss-reactive ketones (excluding diaryl/α,β-unsaturated/α-hetero) is 1. The molecule has 0 amide bonds. The van der Waals surface area contributed by atoms with Gasteiger partial charge < -0.3 is 0 Å². The van der Waals surface area contributed by atoms with Crippen LogP contribution in [-0.4, -0.2) is 33.4 Å². The number of fused-ring (bicyclic) bond motifs is 1. The minimum atomic E-state index is -4.26. The largest absolute Gasteiger partial charge is 0.293 e. The number of thiazole rings is 1. The van der Waals surface area contributed by atoms with Gasteiger partial charge in [-0.25, -0.2) is 27.0 Å². The van der Waals surface area contributed by atoms with Crippen LogP contribution in [0.3, 0.4) is 0 Å². The molecule has 1 aromatic heterocycles. The van der Waals surface area contributed by atoms with Crippen molar-refractivity contribution in [2.45, 2.75) is 9.79 Å². The van der Waals surface area contributed by atoms with Crippen molar-refractivity contribution in [2.75, 3.05) is 5.75 Å². The monoisotopic (exact) mass is 472 g/mol. The van der Waals surface area contributed by atoms with Gasteiger partial charge in [0.2, 0.25) is 10.0 Å². The third kappa shape index (κ3) is 4.42. The summed E-state index contributed by atoms with van der Waals surface area (Å²) in [6.45, 7) is 0. The highest BCUT2D eigenvalue weighted by molar-refractivity contribution is 7.94. The minimum Gasteiger partial charge on any atom is -0.293 e. The number of primary sulfonamides is 1.